The van der Waals surface area contributed by atoms with Crippen LogP contribution < -0.4 is 11.2 Å². The molecule has 1 aromatic carbocycles. The largest absolute Gasteiger partial charge is 0.394 e. The maximum atomic E-state index is 12.6. The van der Waals surface area contributed by atoms with Gasteiger partial charge in [-0.3, -0.25) is 19.1 Å². The number of carbonyl (C=O) groups excluding carboxylic acids is 1. The number of nitriles is 1. The molecule has 1 aliphatic heterocycles. The summed E-state index contributed by atoms with van der Waals surface area (Å²) >= 11 is 0. The molecule has 0 radical (unpaired) electrons. The van der Waals surface area contributed by atoms with Gasteiger partial charge >= 0.3 is 5.69 Å². The number of aromatic amines is 1. The van der Waals surface area contributed by atoms with Crippen LogP contribution in [-0.2, 0) is 4.74 Å². The Bertz CT molecular complexity index is 985. The molecular weight excluding hydrogens is 342 g/mol. The molecule has 0 aliphatic carbocycles. The quantitative estimate of drug-likeness (QED) is 0.612. The summed E-state index contributed by atoms with van der Waals surface area (Å²) in [4.78, 5) is 38.8. The fourth-order valence-electron chi connectivity index (χ4n) is 2.76. The van der Waals surface area contributed by atoms with Crippen LogP contribution in [0.2, 0.25) is 0 Å². The number of ether oxygens (including phenoxy) is 1. The highest BCUT2D eigenvalue weighted by molar-refractivity contribution is 6.08. The normalized spacial score (nSPS) is 22.1. The molecule has 1 fully saturated rings. The molecule has 0 amide bonds. The summed E-state index contributed by atoms with van der Waals surface area (Å²) in [6, 6.07) is 7.63. The summed E-state index contributed by atoms with van der Waals surface area (Å²) in [5.74, 6) is -0.623. The van der Waals surface area contributed by atoms with Crippen molar-refractivity contribution in [3.05, 3.63) is 68.0 Å². The summed E-state index contributed by atoms with van der Waals surface area (Å²) in [6.07, 6.45) is -1.63. The number of nitrogens with one attached hydrogen (secondary N) is 1. The van der Waals surface area contributed by atoms with E-state index >= 15 is 0 Å². The average molecular weight is 357 g/mol. The molecule has 134 valence electrons. The van der Waals surface area contributed by atoms with Crippen LogP contribution in [0, 0.1) is 11.3 Å². The average Bonchev–Trinajstić information content (AvgIpc) is 3.02. The lowest BCUT2D eigenvalue weighted by Gasteiger charge is -2.15. The Morgan fingerprint density at radius 1 is 1.35 bits per heavy atom. The van der Waals surface area contributed by atoms with Gasteiger partial charge in [0.1, 0.15) is 17.9 Å². The van der Waals surface area contributed by atoms with Gasteiger partial charge in [-0.2, -0.15) is 5.26 Å². The molecule has 2 aromatic rings. The Morgan fingerprint density at radius 3 is 2.62 bits per heavy atom. The Kier molecular flexibility index (Phi) is 4.81. The zero-order valence-electron chi connectivity index (χ0n) is 13.5. The van der Waals surface area contributed by atoms with E-state index in [0.717, 1.165) is 10.8 Å². The fourth-order valence-corrected chi connectivity index (χ4v) is 2.76. The van der Waals surface area contributed by atoms with Gasteiger partial charge in [0, 0.05) is 18.2 Å². The molecule has 9 heteroatoms. The van der Waals surface area contributed by atoms with Crippen molar-refractivity contribution in [1.29, 1.82) is 5.26 Å². The number of aliphatic hydroxyl groups excluding tert-OH is 2. The van der Waals surface area contributed by atoms with Crippen LogP contribution in [-0.4, -0.2) is 44.4 Å². The molecule has 0 bridgehead atoms. The number of hydrogen-bond acceptors (Lipinski definition) is 7. The van der Waals surface area contributed by atoms with E-state index in [2.05, 4.69) is 4.98 Å². The molecule has 2 heterocycles. The van der Waals surface area contributed by atoms with E-state index in [1.54, 1.807) is 0 Å². The smallest absolute Gasteiger partial charge is 0.330 e. The summed E-state index contributed by atoms with van der Waals surface area (Å²) in [6.45, 7) is -0.424. The van der Waals surface area contributed by atoms with Crippen LogP contribution >= 0.6 is 0 Å². The van der Waals surface area contributed by atoms with Crippen LogP contribution in [0.5, 0.6) is 0 Å². The van der Waals surface area contributed by atoms with Crippen molar-refractivity contribution in [3.63, 3.8) is 0 Å². The molecular formula is C17H15N3O6. The second kappa shape index (κ2) is 7.05. The topological polar surface area (TPSA) is 145 Å². The third-order valence-electron chi connectivity index (χ3n) is 4.18. The van der Waals surface area contributed by atoms with Gasteiger partial charge in [-0.15, -0.1) is 0 Å². The summed E-state index contributed by atoms with van der Waals surface area (Å²) in [7, 11) is 0. The molecule has 1 saturated heterocycles. The number of H-pyrrole nitrogens is 1. The Balaban J connectivity index is 1.98. The van der Waals surface area contributed by atoms with Crippen molar-refractivity contribution >= 4 is 5.78 Å². The van der Waals surface area contributed by atoms with E-state index in [0.29, 0.717) is 5.56 Å². The predicted molar refractivity (Wildman–Crippen MR) is 87.5 cm³/mol. The van der Waals surface area contributed by atoms with E-state index < -0.39 is 42.1 Å². The lowest BCUT2D eigenvalue weighted by Crippen LogP contribution is -2.35. The van der Waals surface area contributed by atoms with E-state index in [1.807, 2.05) is 6.07 Å². The number of nitrogens with zero attached hydrogens (tertiary/aromatic N) is 2. The monoisotopic (exact) mass is 357 g/mol. The molecule has 0 spiro atoms. The van der Waals surface area contributed by atoms with Crippen LogP contribution in [0.25, 0.3) is 0 Å². The van der Waals surface area contributed by atoms with E-state index in [1.165, 1.54) is 24.3 Å². The van der Waals surface area contributed by atoms with Crippen molar-refractivity contribution in [3.8, 4) is 6.07 Å². The maximum Gasteiger partial charge on any atom is 0.330 e. The van der Waals surface area contributed by atoms with E-state index in [9.17, 15) is 19.5 Å². The molecule has 1 aliphatic rings. The third kappa shape index (κ3) is 3.21. The van der Waals surface area contributed by atoms with Crippen LogP contribution in [0.15, 0.2) is 40.1 Å². The molecule has 26 heavy (non-hydrogen) atoms. The second-order valence-corrected chi connectivity index (χ2v) is 5.84. The minimum absolute atomic E-state index is 0.0294. The fraction of sp³-hybridized carbons (Fsp3) is 0.294. The Labute approximate surface area is 146 Å². The van der Waals surface area contributed by atoms with Gasteiger partial charge in [0.2, 0.25) is 0 Å². The van der Waals surface area contributed by atoms with Gasteiger partial charge in [0.25, 0.3) is 5.56 Å². The van der Waals surface area contributed by atoms with E-state index in [-0.39, 0.29) is 17.5 Å². The van der Waals surface area contributed by atoms with Crippen molar-refractivity contribution in [1.82, 2.24) is 9.55 Å². The highest BCUT2D eigenvalue weighted by atomic mass is 16.5. The first-order chi connectivity index (χ1) is 12.4. The van der Waals surface area contributed by atoms with Gasteiger partial charge in [-0.1, -0.05) is 0 Å². The number of ketones is 1. The number of carbonyl (C=O) groups is 1. The highest BCUT2D eigenvalue weighted by Gasteiger charge is 2.35. The standard InChI is InChI=1S/C17H15N3O6/c18-6-9-1-3-10(4-2-9)15(23)11-7-20(17(25)19-16(11)24)14-5-12(22)13(8-21)26-14/h1-4,7,12-14,21-22H,5,8H2,(H,19,24,25)/t12-,13+,14+/m0/s1. The van der Waals surface area contributed by atoms with Gasteiger partial charge in [0.15, 0.2) is 5.78 Å². The molecule has 1 aromatic heterocycles. The molecule has 9 nitrogen and oxygen atoms in total. The minimum Gasteiger partial charge on any atom is -0.394 e. The van der Waals surface area contributed by atoms with Crippen molar-refractivity contribution in [2.75, 3.05) is 6.61 Å². The van der Waals surface area contributed by atoms with Crippen molar-refractivity contribution in [2.45, 2.75) is 24.9 Å². The molecule has 3 N–H and O–H groups in total. The molecule has 0 unspecified atom stereocenters. The SMILES string of the molecule is N#Cc1ccc(C(=O)c2cn([C@H]3C[C@H](O)[C@@H](CO)O3)c(=O)[nH]c2=O)cc1. The number of rotatable bonds is 4. The number of benzene rings is 1. The van der Waals surface area contributed by atoms with Gasteiger partial charge < -0.3 is 14.9 Å². The second-order valence-electron chi connectivity index (χ2n) is 5.84. The Morgan fingerprint density at radius 2 is 2.04 bits per heavy atom. The van der Waals surface area contributed by atoms with Gasteiger partial charge in [0.05, 0.1) is 24.3 Å². The van der Waals surface area contributed by atoms with Gasteiger partial charge in [-0.05, 0) is 24.3 Å². The molecule has 3 rings (SSSR count). The first kappa shape index (κ1) is 17.8. The predicted octanol–water partition coefficient (Wildman–Crippen LogP) is -0.720. The van der Waals surface area contributed by atoms with Crippen LogP contribution in [0.1, 0.15) is 34.1 Å². The van der Waals surface area contributed by atoms with Gasteiger partial charge in [-0.25, -0.2) is 4.79 Å². The highest BCUT2D eigenvalue weighted by Crippen LogP contribution is 2.27. The Hall–Kier alpha value is -3.06. The zero-order chi connectivity index (χ0) is 18.8. The molecule has 3 atom stereocenters. The lowest BCUT2D eigenvalue weighted by molar-refractivity contribution is -0.0459. The number of aromatic nitrogens is 2. The number of hydrogen-bond donors (Lipinski definition) is 3. The van der Waals surface area contributed by atoms with Crippen LogP contribution in [0.4, 0.5) is 0 Å². The van der Waals surface area contributed by atoms with Crippen LogP contribution in [0.3, 0.4) is 0 Å². The van der Waals surface area contributed by atoms with Crippen molar-refractivity contribution < 1.29 is 19.7 Å². The maximum absolute atomic E-state index is 12.6. The first-order valence-corrected chi connectivity index (χ1v) is 7.79. The lowest BCUT2D eigenvalue weighted by atomic mass is 10.0. The van der Waals surface area contributed by atoms with E-state index in [4.69, 9.17) is 15.1 Å². The zero-order valence-corrected chi connectivity index (χ0v) is 13.5. The summed E-state index contributed by atoms with van der Waals surface area (Å²) in [5.41, 5.74) is -1.37. The summed E-state index contributed by atoms with van der Waals surface area (Å²) in [5, 5.41) is 27.7. The number of aliphatic hydroxyl groups is 2. The first-order valence-electron chi connectivity index (χ1n) is 7.79. The van der Waals surface area contributed by atoms with Crippen molar-refractivity contribution in [2.24, 2.45) is 0 Å². The third-order valence-corrected chi connectivity index (χ3v) is 4.18. The minimum atomic E-state index is -0.971. The summed E-state index contributed by atoms with van der Waals surface area (Å²) < 4.78 is 6.40. The molecule has 0 saturated carbocycles.